The van der Waals surface area contributed by atoms with Crippen molar-refractivity contribution in [1.29, 1.82) is 0 Å². The molecule has 3 aromatic rings. The van der Waals surface area contributed by atoms with Crippen LogP contribution >= 0.6 is 0 Å². The summed E-state index contributed by atoms with van der Waals surface area (Å²) >= 11 is 0. The minimum atomic E-state index is -3.57. The maximum absolute atomic E-state index is 12.7. The molecule has 26 heavy (non-hydrogen) atoms. The summed E-state index contributed by atoms with van der Waals surface area (Å²) < 4.78 is 27.9. The van der Waals surface area contributed by atoms with Crippen LogP contribution in [0.4, 0.5) is 11.4 Å². The average molecular weight is 366 g/mol. The first-order valence-corrected chi connectivity index (χ1v) is 9.95. The number of benzene rings is 3. The van der Waals surface area contributed by atoms with Crippen molar-refractivity contribution < 1.29 is 13.2 Å². The van der Waals surface area contributed by atoms with E-state index in [-0.39, 0.29) is 11.7 Å². The molecular formula is C20H18N2O3S. The van der Waals surface area contributed by atoms with E-state index in [1.807, 2.05) is 42.5 Å². The lowest BCUT2D eigenvalue weighted by molar-refractivity contribution is -0.117. The number of nitrogens with zero attached hydrogens (tertiary/aromatic N) is 1. The van der Waals surface area contributed by atoms with Gasteiger partial charge >= 0.3 is 0 Å². The van der Waals surface area contributed by atoms with Crippen molar-refractivity contribution in [3.63, 3.8) is 0 Å². The lowest BCUT2D eigenvalue weighted by Crippen LogP contribution is -2.20. The number of carbonyl (C=O) groups excluding carboxylic acids is 1. The van der Waals surface area contributed by atoms with E-state index in [2.05, 4.69) is 4.72 Å². The van der Waals surface area contributed by atoms with Crippen LogP contribution in [0.2, 0.25) is 0 Å². The van der Waals surface area contributed by atoms with Crippen molar-refractivity contribution in [2.45, 2.75) is 12.2 Å². The van der Waals surface area contributed by atoms with E-state index in [0.29, 0.717) is 12.1 Å². The van der Waals surface area contributed by atoms with Gasteiger partial charge in [-0.1, -0.05) is 42.5 Å². The highest BCUT2D eigenvalue weighted by atomic mass is 32.2. The monoisotopic (exact) mass is 366 g/mol. The molecule has 1 N–H and O–H groups in total. The quantitative estimate of drug-likeness (QED) is 0.770. The van der Waals surface area contributed by atoms with E-state index in [0.717, 1.165) is 27.6 Å². The van der Waals surface area contributed by atoms with Crippen LogP contribution in [0.3, 0.4) is 0 Å². The topological polar surface area (TPSA) is 66.5 Å². The summed E-state index contributed by atoms with van der Waals surface area (Å²) in [5.41, 5.74) is 2.90. The lowest BCUT2D eigenvalue weighted by atomic mass is 10.1. The average Bonchev–Trinajstić information content (AvgIpc) is 2.88. The Morgan fingerprint density at radius 1 is 1.04 bits per heavy atom. The Morgan fingerprint density at radius 2 is 1.81 bits per heavy atom. The van der Waals surface area contributed by atoms with Crippen LogP contribution in [0.5, 0.6) is 0 Å². The molecule has 1 aliphatic rings. The standard InChI is InChI=1S/C20H18N2O3S/c1-22-19-10-9-17(11-16(19)12-20(22)23)21-26(24,25)13-15-7-4-6-14-5-2-3-8-18(14)15/h2-11,21H,12-13H2,1H3. The molecule has 0 atom stereocenters. The summed E-state index contributed by atoms with van der Waals surface area (Å²) in [5, 5.41) is 1.95. The molecule has 0 spiro atoms. The van der Waals surface area contributed by atoms with Gasteiger partial charge in [-0.15, -0.1) is 0 Å². The fourth-order valence-electron chi connectivity index (χ4n) is 3.37. The number of likely N-dealkylation sites (N-methyl/N-ethyl adjacent to an activating group) is 1. The van der Waals surface area contributed by atoms with Gasteiger partial charge in [0.25, 0.3) is 0 Å². The van der Waals surface area contributed by atoms with Gasteiger partial charge in [-0.25, -0.2) is 8.42 Å². The number of fused-ring (bicyclic) bond motifs is 2. The van der Waals surface area contributed by atoms with Gasteiger partial charge in [0.05, 0.1) is 12.2 Å². The van der Waals surface area contributed by atoms with Crippen molar-refractivity contribution in [2.24, 2.45) is 0 Å². The molecule has 4 rings (SSSR count). The predicted molar refractivity (Wildman–Crippen MR) is 104 cm³/mol. The molecule has 0 aliphatic carbocycles. The molecular weight excluding hydrogens is 348 g/mol. The Balaban J connectivity index is 1.60. The third-order valence-electron chi connectivity index (χ3n) is 4.66. The number of anilines is 2. The van der Waals surface area contributed by atoms with Gasteiger partial charge in [-0.3, -0.25) is 9.52 Å². The van der Waals surface area contributed by atoms with Gasteiger partial charge in [-0.05, 0) is 40.1 Å². The highest BCUT2D eigenvalue weighted by Gasteiger charge is 2.24. The van der Waals surface area contributed by atoms with Crippen LogP contribution in [-0.4, -0.2) is 21.4 Å². The fourth-order valence-corrected chi connectivity index (χ4v) is 4.59. The van der Waals surface area contributed by atoms with Crippen LogP contribution in [0.25, 0.3) is 10.8 Å². The maximum atomic E-state index is 12.7. The minimum absolute atomic E-state index is 0.00997. The molecule has 1 heterocycles. The Kier molecular flexibility index (Phi) is 3.92. The SMILES string of the molecule is CN1C(=O)Cc2cc(NS(=O)(=O)Cc3cccc4ccccc34)ccc21. The number of carbonyl (C=O) groups is 1. The van der Waals surface area contributed by atoms with E-state index in [1.165, 1.54) is 0 Å². The molecule has 0 bridgehead atoms. The zero-order chi connectivity index (χ0) is 18.3. The first kappa shape index (κ1) is 16.6. The lowest BCUT2D eigenvalue weighted by Gasteiger charge is -2.13. The zero-order valence-electron chi connectivity index (χ0n) is 14.3. The summed E-state index contributed by atoms with van der Waals surface area (Å²) in [6, 6.07) is 18.6. The summed E-state index contributed by atoms with van der Waals surface area (Å²) in [5.74, 6) is -0.0969. The van der Waals surface area contributed by atoms with Crippen LogP contribution < -0.4 is 9.62 Å². The Morgan fingerprint density at radius 3 is 2.65 bits per heavy atom. The van der Waals surface area contributed by atoms with Gasteiger partial charge < -0.3 is 4.90 Å². The second-order valence-corrected chi connectivity index (χ2v) is 8.19. The Hall–Kier alpha value is -2.86. The van der Waals surface area contributed by atoms with Crippen LogP contribution in [0.1, 0.15) is 11.1 Å². The maximum Gasteiger partial charge on any atom is 0.236 e. The van der Waals surface area contributed by atoms with Crippen molar-refractivity contribution in [2.75, 3.05) is 16.7 Å². The molecule has 3 aromatic carbocycles. The molecule has 0 saturated heterocycles. The van der Waals surface area contributed by atoms with E-state index in [4.69, 9.17) is 0 Å². The van der Waals surface area contributed by atoms with E-state index >= 15 is 0 Å². The number of rotatable bonds is 4. The third-order valence-corrected chi connectivity index (χ3v) is 5.89. The van der Waals surface area contributed by atoms with Gasteiger partial charge in [-0.2, -0.15) is 0 Å². The highest BCUT2D eigenvalue weighted by molar-refractivity contribution is 7.91. The molecule has 132 valence electrons. The smallest absolute Gasteiger partial charge is 0.236 e. The molecule has 0 aromatic heterocycles. The number of amides is 1. The zero-order valence-corrected chi connectivity index (χ0v) is 15.1. The molecule has 6 heteroatoms. The summed E-state index contributed by atoms with van der Waals surface area (Å²) in [6.07, 6.45) is 0.296. The van der Waals surface area contributed by atoms with Crippen LogP contribution in [-0.2, 0) is 27.0 Å². The van der Waals surface area contributed by atoms with Crippen molar-refractivity contribution in [3.05, 3.63) is 71.8 Å². The van der Waals surface area contributed by atoms with E-state index in [9.17, 15) is 13.2 Å². The molecule has 0 fully saturated rings. The van der Waals surface area contributed by atoms with Crippen LogP contribution in [0, 0.1) is 0 Å². The first-order chi connectivity index (χ1) is 12.4. The van der Waals surface area contributed by atoms with Crippen molar-refractivity contribution >= 4 is 38.1 Å². The summed E-state index contributed by atoms with van der Waals surface area (Å²) in [6.45, 7) is 0. The van der Waals surface area contributed by atoms with Gasteiger partial charge in [0, 0.05) is 18.4 Å². The minimum Gasteiger partial charge on any atom is -0.315 e. The largest absolute Gasteiger partial charge is 0.315 e. The second kappa shape index (κ2) is 6.14. The summed E-state index contributed by atoms with van der Waals surface area (Å²) in [4.78, 5) is 13.4. The number of sulfonamides is 1. The number of nitrogens with one attached hydrogen (secondary N) is 1. The molecule has 5 nitrogen and oxygen atoms in total. The Bertz CT molecular complexity index is 1120. The number of hydrogen-bond acceptors (Lipinski definition) is 3. The van der Waals surface area contributed by atoms with E-state index < -0.39 is 10.0 Å². The van der Waals surface area contributed by atoms with Gasteiger partial charge in [0.15, 0.2) is 0 Å². The number of hydrogen-bond donors (Lipinski definition) is 1. The van der Waals surface area contributed by atoms with E-state index in [1.54, 1.807) is 30.1 Å². The fraction of sp³-hybridized carbons (Fsp3) is 0.150. The molecule has 0 radical (unpaired) electrons. The molecule has 0 saturated carbocycles. The highest BCUT2D eigenvalue weighted by Crippen LogP contribution is 2.30. The normalized spacial score (nSPS) is 13.9. The molecule has 1 aliphatic heterocycles. The molecule has 1 amide bonds. The Labute approximate surface area is 152 Å². The third kappa shape index (κ3) is 3.04. The van der Waals surface area contributed by atoms with Crippen LogP contribution in [0.15, 0.2) is 60.7 Å². The second-order valence-electron chi connectivity index (χ2n) is 6.47. The predicted octanol–water partition coefficient (Wildman–Crippen LogP) is 3.30. The summed E-state index contributed by atoms with van der Waals surface area (Å²) in [7, 11) is -1.85. The van der Waals surface area contributed by atoms with Crippen molar-refractivity contribution in [1.82, 2.24) is 0 Å². The van der Waals surface area contributed by atoms with Gasteiger partial charge in [0.1, 0.15) is 0 Å². The molecule has 0 unspecified atom stereocenters. The first-order valence-electron chi connectivity index (χ1n) is 8.29. The van der Waals surface area contributed by atoms with Gasteiger partial charge in [0.2, 0.25) is 15.9 Å². The van der Waals surface area contributed by atoms with Crippen molar-refractivity contribution in [3.8, 4) is 0 Å².